The van der Waals surface area contributed by atoms with E-state index in [2.05, 4.69) is 5.48 Å². The second-order valence-corrected chi connectivity index (χ2v) is 3.30. The van der Waals surface area contributed by atoms with Gasteiger partial charge in [-0.3, -0.25) is 24.1 Å². The molecule has 88 valence electrons. The highest BCUT2D eigenvalue weighted by atomic mass is 16.6. The number of rotatable bonds is 7. The van der Waals surface area contributed by atoms with Gasteiger partial charge in [-0.25, -0.2) is 5.48 Å². The molecular weight excluding hydrogens is 212 g/mol. The number of hydrogen-bond donors (Lipinski definition) is 1. The number of ketones is 1. The van der Waals surface area contributed by atoms with E-state index in [1.54, 1.807) is 7.05 Å². The Morgan fingerprint density at radius 1 is 1.38 bits per heavy atom. The van der Waals surface area contributed by atoms with E-state index in [9.17, 15) is 14.4 Å². The van der Waals surface area contributed by atoms with Crippen LogP contribution in [-0.2, 0) is 19.2 Å². The van der Waals surface area contributed by atoms with Crippen LogP contribution >= 0.6 is 0 Å². The van der Waals surface area contributed by atoms with Crippen LogP contribution in [0.15, 0.2) is 12.2 Å². The number of amides is 2. The van der Waals surface area contributed by atoms with Gasteiger partial charge in [0.25, 0.3) is 11.8 Å². The maximum Gasteiger partial charge on any atom is 0.253 e. The molecule has 1 N–H and O–H groups in total. The monoisotopic (exact) mass is 226 g/mol. The van der Waals surface area contributed by atoms with Gasteiger partial charge in [0.15, 0.2) is 5.78 Å². The third-order valence-corrected chi connectivity index (χ3v) is 2.12. The molecule has 1 rings (SSSR count). The Morgan fingerprint density at radius 2 is 2.00 bits per heavy atom. The number of hydrogen-bond acceptors (Lipinski definition) is 5. The molecule has 16 heavy (non-hydrogen) atoms. The summed E-state index contributed by atoms with van der Waals surface area (Å²) in [7, 11) is 1.57. The van der Waals surface area contributed by atoms with Gasteiger partial charge in [0.1, 0.15) is 6.61 Å². The third-order valence-electron chi connectivity index (χ3n) is 2.12. The maximum atomic E-state index is 11.2. The lowest BCUT2D eigenvalue weighted by molar-refractivity contribution is -0.137. The summed E-state index contributed by atoms with van der Waals surface area (Å²) in [5.74, 6) is -0.700. The molecule has 2 amide bonds. The SMILES string of the molecule is CNOCC(=O)CCCN1C(=O)C=CC1=O. The molecule has 0 aromatic carbocycles. The van der Waals surface area contributed by atoms with Gasteiger partial charge in [-0.1, -0.05) is 0 Å². The predicted octanol–water partition coefficient (Wildman–Crippen LogP) is -0.588. The highest BCUT2D eigenvalue weighted by molar-refractivity contribution is 6.12. The van der Waals surface area contributed by atoms with E-state index in [0.717, 1.165) is 4.90 Å². The lowest BCUT2D eigenvalue weighted by Gasteiger charge is -2.12. The van der Waals surface area contributed by atoms with Crippen LogP contribution in [0.25, 0.3) is 0 Å². The van der Waals surface area contributed by atoms with Gasteiger partial charge in [-0.15, -0.1) is 0 Å². The molecule has 0 atom stereocenters. The molecule has 0 saturated heterocycles. The first kappa shape index (κ1) is 12.5. The van der Waals surface area contributed by atoms with E-state index >= 15 is 0 Å². The fourth-order valence-electron chi connectivity index (χ4n) is 1.31. The number of nitrogens with zero attached hydrogens (tertiary/aromatic N) is 1. The molecule has 0 saturated carbocycles. The zero-order valence-electron chi connectivity index (χ0n) is 9.06. The van der Waals surface area contributed by atoms with E-state index in [1.165, 1.54) is 12.2 Å². The van der Waals surface area contributed by atoms with Crippen molar-refractivity contribution in [2.75, 3.05) is 20.2 Å². The van der Waals surface area contributed by atoms with Crippen LogP contribution in [0.3, 0.4) is 0 Å². The van der Waals surface area contributed by atoms with Gasteiger partial charge in [-0.2, -0.15) is 0 Å². The normalized spacial score (nSPS) is 14.9. The first-order valence-electron chi connectivity index (χ1n) is 4.99. The lowest BCUT2D eigenvalue weighted by atomic mass is 10.2. The summed E-state index contributed by atoms with van der Waals surface area (Å²) < 4.78 is 0. The molecule has 1 aliphatic rings. The number of carbonyl (C=O) groups excluding carboxylic acids is 3. The quantitative estimate of drug-likeness (QED) is 0.464. The van der Waals surface area contributed by atoms with Crippen molar-refractivity contribution >= 4 is 17.6 Å². The molecule has 0 spiro atoms. The van der Waals surface area contributed by atoms with Crippen LogP contribution < -0.4 is 5.48 Å². The standard InChI is InChI=1S/C10H14N2O4/c1-11-16-7-8(13)3-2-6-12-9(14)4-5-10(12)15/h4-5,11H,2-3,6-7H2,1H3. The number of nitrogens with one attached hydrogen (secondary N) is 1. The van der Waals surface area contributed by atoms with Gasteiger partial charge >= 0.3 is 0 Å². The summed E-state index contributed by atoms with van der Waals surface area (Å²) in [4.78, 5) is 39.2. The Morgan fingerprint density at radius 3 is 2.56 bits per heavy atom. The fourth-order valence-corrected chi connectivity index (χ4v) is 1.31. The van der Waals surface area contributed by atoms with E-state index in [-0.39, 0.29) is 30.7 Å². The minimum atomic E-state index is -0.316. The largest absolute Gasteiger partial charge is 0.297 e. The van der Waals surface area contributed by atoms with Crippen molar-refractivity contribution in [3.05, 3.63) is 12.2 Å². The van der Waals surface area contributed by atoms with E-state index in [4.69, 9.17) is 4.84 Å². The van der Waals surface area contributed by atoms with Gasteiger partial charge in [0.2, 0.25) is 0 Å². The van der Waals surface area contributed by atoms with E-state index < -0.39 is 0 Å². The number of Topliss-reactive ketones (excluding diaryl/α,β-unsaturated/α-hetero) is 1. The zero-order valence-corrected chi connectivity index (χ0v) is 9.06. The maximum absolute atomic E-state index is 11.2. The summed E-state index contributed by atoms with van der Waals surface area (Å²) in [5, 5.41) is 0. The highest BCUT2D eigenvalue weighted by Crippen LogP contribution is 2.05. The Balaban J connectivity index is 2.18. The Kier molecular flexibility index (Phi) is 4.81. The van der Waals surface area contributed by atoms with Crippen molar-refractivity contribution in [3.8, 4) is 0 Å². The summed E-state index contributed by atoms with van der Waals surface area (Å²) in [6.07, 6.45) is 3.21. The number of imide groups is 1. The van der Waals surface area contributed by atoms with Gasteiger partial charge in [0.05, 0.1) is 0 Å². The van der Waals surface area contributed by atoms with Crippen molar-refractivity contribution in [2.45, 2.75) is 12.8 Å². The van der Waals surface area contributed by atoms with Crippen LogP contribution in [0, 0.1) is 0 Å². The lowest BCUT2D eigenvalue weighted by Crippen LogP contribution is -2.31. The first-order valence-corrected chi connectivity index (χ1v) is 4.99. The van der Waals surface area contributed by atoms with Crippen LogP contribution in [0.2, 0.25) is 0 Å². The van der Waals surface area contributed by atoms with Crippen LogP contribution in [-0.4, -0.2) is 42.7 Å². The average molecular weight is 226 g/mol. The third kappa shape index (κ3) is 3.56. The topological polar surface area (TPSA) is 75.7 Å². The van der Waals surface area contributed by atoms with E-state index in [1.807, 2.05) is 0 Å². The van der Waals surface area contributed by atoms with Gasteiger partial charge in [-0.05, 0) is 6.42 Å². The Labute approximate surface area is 93.2 Å². The molecule has 0 bridgehead atoms. The van der Waals surface area contributed by atoms with E-state index in [0.29, 0.717) is 12.8 Å². The minimum Gasteiger partial charge on any atom is -0.297 e. The highest BCUT2D eigenvalue weighted by Gasteiger charge is 2.22. The predicted molar refractivity (Wildman–Crippen MR) is 55.1 cm³/mol. The second-order valence-electron chi connectivity index (χ2n) is 3.30. The summed E-state index contributed by atoms with van der Waals surface area (Å²) >= 11 is 0. The average Bonchev–Trinajstić information content (AvgIpc) is 2.57. The smallest absolute Gasteiger partial charge is 0.253 e. The molecule has 0 radical (unpaired) electrons. The van der Waals surface area contributed by atoms with Crippen LogP contribution in [0.4, 0.5) is 0 Å². The second kappa shape index (κ2) is 6.14. The Bertz CT molecular complexity index is 307. The van der Waals surface area contributed by atoms with Gasteiger partial charge in [0, 0.05) is 32.2 Å². The van der Waals surface area contributed by atoms with Crippen molar-refractivity contribution in [2.24, 2.45) is 0 Å². The minimum absolute atomic E-state index is 0.00333. The molecule has 0 aliphatic carbocycles. The molecule has 0 unspecified atom stereocenters. The zero-order chi connectivity index (χ0) is 12.0. The summed E-state index contributed by atoms with van der Waals surface area (Å²) in [6.45, 7) is 0.270. The number of hydroxylamine groups is 1. The van der Waals surface area contributed by atoms with Crippen molar-refractivity contribution in [1.82, 2.24) is 10.4 Å². The molecular formula is C10H14N2O4. The van der Waals surface area contributed by atoms with Gasteiger partial charge < -0.3 is 0 Å². The van der Waals surface area contributed by atoms with Crippen molar-refractivity contribution in [1.29, 1.82) is 0 Å². The molecule has 6 nitrogen and oxygen atoms in total. The van der Waals surface area contributed by atoms with Crippen LogP contribution in [0.1, 0.15) is 12.8 Å². The summed E-state index contributed by atoms with van der Waals surface area (Å²) in [5.41, 5.74) is 2.39. The molecule has 0 aromatic heterocycles. The first-order chi connectivity index (χ1) is 7.65. The molecule has 1 aliphatic heterocycles. The fraction of sp³-hybridized carbons (Fsp3) is 0.500. The number of carbonyl (C=O) groups is 3. The van der Waals surface area contributed by atoms with Crippen molar-refractivity contribution in [3.63, 3.8) is 0 Å². The summed E-state index contributed by atoms with van der Waals surface area (Å²) in [6, 6.07) is 0. The van der Waals surface area contributed by atoms with Crippen molar-refractivity contribution < 1.29 is 19.2 Å². The molecule has 0 aromatic rings. The molecule has 6 heteroatoms. The molecule has 0 fully saturated rings. The van der Waals surface area contributed by atoms with Crippen LogP contribution in [0.5, 0.6) is 0 Å². The molecule has 1 heterocycles. The Hall–Kier alpha value is -1.53.